The zero-order chi connectivity index (χ0) is 13.2. The number of aryl methyl sites for hydroxylation is 2. The molecular formula is C16H26N2. The number of benzene rings is 1. The Bertz CT molecular complexity index is 404. The molecule has 0 unspecified atom stereocenters. The van der Waals surface area contributed by atoms with Crippen LogP contribution in [0.15, 0.2) is 18.2 Å². The fraction of sp³-hybridized carbons (Fsp3) is 0.625. The molecule has 0 saturated carbocycles. The molecule has 2 rings (SSSR count). The fourth-order valence-corrected chi connectivity index (χ4v) is 3.09. The van der Waals surface area contributed by atoms with E-state index in [0.29, 0.717) is 0 Å². The molecule has 1 aliphatic rings. The molecule has 18 heavy (non-hydrogen) atoms. The summed E-state index contributed by atoms with van der Waals surface area (Å²) in [5.41, 5.74) is 4.51. The zero-order valence-electron chi connectivity index (χ0n) is 12.2. The lowest BCUT2D eigenvalue weighted by Crippen LogP contribution is -2.48. The third kappa shape index (κ3) is 3.12. The quantitative estimate of drug-likeness (QED) is 0.881. The van der Waals surface area contributed by atoms with E-state index in [1.54, 1.807) is 0 Å². The Labute approximate surface area is 111 Å². The Morgan fingerprint density at radius 3 is 2.44 bits per heavy atom. The van der Waals surface area contributed by atoms with Crippen molar-refractivity contribution in [2.24, 2.45) is 0 Å². The lowest BCUT2D eigenvalue weighted by atomic mass is 9.81. The molecule has 0 atom stereocenters. The van der Waals surface area contributed by atoms with Gasteiger partial charge in [0.1, 0.15) is 0 Å². The molecule has 0 spiro atoms. The minimum atomic E-state index is 0.231. The van der Waals surface area contributed by atoms with Gasteiger partial charge in [-0.3, -0.25) is 4.90 Å². The minimum Gasteiger partial charge on any atom is -0.314 e. The number of rotatable bonds is 3. The summed E-state index contributed by atoms with van der Waals surface area (Å²) in [6.45, 7) is 14.9. The van der Waals surface area contributed by atoms with Crippen LogP contribution in [-0.4, -0.2) is 37.6 Å². The van der Waals surface area contributed by atoms with Gasteiger partial charge in [-0.05, 0) is 25.0 Å². The first-order chi connectivity index (χ1) is 8.49. The number of hydrogen-bond donors (Lipinski definition) is 1. The summed E-state index contributed by atoms with van der Waals surface area (Å²) in [4.78, 5) is 2.58. The van der Waals surface area contributed by atoms with Gasteiger partial charge in [-0.2, -0.15) is 0 Å². The van der Waals surface area contributed by atoms with Crippen molar-refractivity contribution >= 4 is 0 Å². The van der Waals surface area contributed by atoms with Crippen LogP contribution < -0.4 is 5.32 Å². The first-order valence-electron chi connectivity index (χ1n) is 7.00. The highest BCUT2D eigenvalue weighted by molar-refractivity contribution is 5.35. The molecule has 1 saturated heterocycles. The predicted octanol–water partition coefficient (Wildman–Crippen LogP) is 2.49. The van der Waals surface area contributed by atoms with Crippen molar-refractivity contribution in [3.8, 4) is 0 Å². The maximum Gasteiger partial charge on any atom is 0.0108 e. The molecule has 0 aromatic heterocycles. The summed E-state index contributed by atoms with van der Waals surface area (Å²) >= 11 is 0. The second-order valence-corrected chi connectivity index (χ2v) is 6.23. The molecule has 1 N–H and O–H groups in total. The number of piperazine rings is 1. The van der Waals surface area contributed by atoms with Crippen molar-refractivity contribution < 1.29 is 0 Å². The normalized spacial score (nSPS) is 18.0. The molecule has 1 aromatic carbocycles. The Morgan fingerprint density at radius 1 is 1.17 bits per heavy atom. The highest BCUT2D eigenvalue weighted by Gasteiger charge is 2.26. The van der Waals surface area contributed by atoms with E-state index in [-0.39, 0.29) is 5.41 Å². The van der Waals surface area contributed by atoms with E-state index >= 15 is 0 Å². The SMILES string of the molecule is Cc1ccc(C(C)(C)CN2CCNCC2)c(C)c1. The lowest BCUT2D eigenvalue weighted by Gasteiger charge is -2.36. The van der Waals surface area contributed by atoms with Crippen molar-refractivity contribution in [2.75, 3.05) is 32.7 Å². The molecule has 1 fully saturated rings. The topological polar surface area (TPSA) is 15.3 Å². The standard InChI is InChI=1S/C16H26N2/c1-13-5-6-15(14(2)11-13)16(3,4)12-18-9-7-17-8-10-18/h5-6,11,17H,7-10,12H2,1-4H3. The predicted molar refractivity (Wildman–Crippen MR) is 78.3 cm³/mol. The molecule has 0 amide bonds. The summed E-state index contributed by atoms with van der Waals surface area (Å²) in [5.74, 6) is 0. The van der Waals surface area contributed by atoms with Crippen LogP contribution in [-0.2, 0) is 5.41 Å². The third-order valence-corrected chi connectivity index (χ3v) is 3.94. The number of nitrogens with zero attached hydrogens (tertiary/aromatic N) is 1. The molecule has 0 radical (unpaired) electrons. The molecule has 100 valence electrons. The third-order valence-electron chi connectivity index (χ3n) is 3.94. The number of nitrogens with one attached hydrogen (secondary N) is 1. The van der Waals surface area contributed by atoms with Crippen LogP contribution in [0.1, 0.15) is 30.5 Å². The van der Waals surface area contributed by atoms with Gasteiger partial charge in [0.15, 0.2) is 0 Å². The van der Waals surface area contributed by atoms with Crippen LogP contribution in [0.2, 0.25) is 0 Å². The van der Waals surface area contributed by atoms with E-state index in [1.807, 2.05) is 0 Å². The van der Waals surface area contributed by atoms with Gasteiger partial charge in [0.2, 0.25) is 0 Å². The van der Waals surface area contributed by atoms with E-state index in [0.717, 1.165) is 19.6 Å². The fourth-order valence-electron chi connectivity index (χ4n) is 3.09. The summed E-state index contributed by atoms with van der Waals surface area (Å²) in [6.07, 6.45) is 0. The van der Waals surface area contributed by atoms with Crippen LogP contribution in [0.25, 0.3) is 0 Å². The van der Waals surface area contributed by atoms with Gasteiger partial charge in [0, 0.05) is 38.1 Å². The molecule has 2 heteroatoms. The first-order valence-corrected chi connectivity index (χ1v) is 7.00. The van der Waals surface area contributed by atoms with Crippen LogP contribution >= 0.6 is 0 Å². The Kier molecular flexibility index (Phi) is 4.08. The van der Waals surface area contributed by atoms with Crippen molar-refractivity contribution in [3.63, 3.8) is 0 Å². The van der Waals surface area contributed by atoms with Crippen molar-refractivity contribution in [3.05, 3.63) is 34.9 Å². The number of hydrogen-bond acceptors (Lipinski definition) is 2. The molecule has 1 aromatic rings. The highest BCUT2D eigenvalue weighted by Crippen LogP contribution is 2.28. The van der Waals surface area contributed by atoms with E-state index in [4.69, 9.17) is 0 Å². The highest BCUT2D eigenvalue weighted by atomic mass is 15.2. The largest absolute Gasteiger partial charge is 0.314 e. The maximum atomic E-state index is 3.42. The van der Waals surface area contributed by atoms with Crippen LogP contribution in [0, 0.1) is 13.8 Å². The smallest absolute Gasteiger partial charge is 0.0108 e. The summed E-state index contributed by atoms with van der Waals surface area (Å²) in [5, 5.41) is 3.42. The van der Waals surface area contributed by atoms with Gasteiger partial charge in [-0.1, -0.05) is 37.6 Å². The second kappa shape index (κ2) is 5.41. The summed E-state index contributed by atoms with van der Waals surface area (Å²) in [7, 11) is 0. The van der Waals surface area contributed by atoms with Crippen molar-refractivity contribution in [1.82, 2.24) is 10.2 Å². The molecule has 2 nitrogen and oxygen atoms in total. The molecule has 0 aliphatic carbocycles. The second-order valence-electron chi connectivity index (χ2n) is 6.23. The summed E-state index contributed by atoms with van der Waals surface area (Å²) < 4.78 is 0. The Balaban J connectivity index is 2.13. The Morgan fingerprint density at radius 2 is 1.83 bits per heavy atom. The van der Waals surface area contributed by atoms with Crippen LogP contribution in [0.3, 0.4) is 0 Å². The van der Waals surface area contributed by atoms with Crippen LogP contribution in [0.5, 0.6) is 0 Å². The Hall–Kier alpha value is -0.860. The average Bonchev–Trinajstić information content (AvgIpc) is 2.29. The van der Waals surface area contributed by atoms with E-state index in [9.17, 15) is 0 Å². The maximum absolute atomic E-state index is 3.42. The molecule has 1 heterocycles. The van der Waals surface area contributed by atoms with Crippen molar-refractivity contribution in [2.45, 2.75) is 33.1 Å². The monoisotopic (exact) mass is 246 g/mol. The van der Waals surface area contributed by atoms with Gasteiger partial charge in [-0.25, -0.2) is 0 Å². The van der Waals surface area contributed by atoms with Gasteiger partial charge < -0.3 is 5.32 Å². The zero-order valence-corrected chi connectivity index (χ0v) is 12.2. The van der Waals surface area contributed by atoms with E-state index in [1.165, 1.54) is 29.8 Å². The van der Waals surface area contributed by atoms with E-state index < -0.39 is 0 Å². The summed E-state index contributed by atoms with van der Waals surface area (Å²) in [6, 6.07) is 6.85. The molecular weight excluding hydrogens is 220 g/mol. The van der Waals surface area contributed by atoms with E-state index in [2.05, 4.69) is 56.1 Å². The molecule has 1 aliphatic heterocycles. The van der Waals surface area contributed by atoms with Crippen molar-refractivity contribution in [1.29, 1.82) is 0 Å². The van der Waals surface area contributed by atoms with Gasteiger partial charge >= 0.3 is 0 Å². The van der Waals surface area contributed by atoms with Gasteiger partial charge in [0.25, 0.3) is 0 Å². The van der Waals surface area contributed by atoms with Crippen LogP contribution in [0.4, 0.5) is 0 Å². The molecule has 0 bridgehead atoms. The van der Waals surface area contributed by atoms with Gasteiger partial charge in [-0.15, -0.1) is 0 Å². The lowest BCUT2D eigenvalue weighted by molar-refractivity contribution is 0.199. The average molecular weight is 246 g/mol. The van der Waals surface area contributed by atoms with Gasteiger partial charge in [0.05, 0.1) is 0 Å². The first kappa shape index (κ1) is 13.6. The minimum absolute atomic E-state index is 0.231.